The van der Waals surface area contributed by atoms with Gasteiger partial charge in [-0.05, 0) is 45.4 Å². The largest absolute Gasteiger partial charge is 0.329 e. The highest BCUT2D eigenvalue weighted by atomic mass is 16.2. The Hall–Kier alpha value is -1.56. The van der Waals surface area contributed by atoms with E-state index in [0.29, 0.717) is 12.5 Å². The summed E-state index contributed by atoms with van der Waals surface area (Å²) in [7, 11) is 0. The number of aromatic nitrogens is 3. The highest BCUT2D eigenvalue weighted by Crippen LogP contribution is 2.38. The number of anilines is 1. The summed E-state index contributed by atoms with van der Waals surface area (Å²) in [5, 5.41) is 10.7. The average molecular weight is 277 g/mol. The zero-order valence-corrected chi connectivity index (χ0v) is 12.4. The van der Waals surface area contributed by atoms with Crippen molar-refractivity contribution in [3.63, 3.8) is 0 Å². The van der Waals surface area contributed by atoms with Crippen LogP contribution in [0.15, 0.2) is 0 Å². The van der Waals surface area contributed by atoms with Crippen molar-refractivity contribution in [1.82, 2.24) is 15.2 Å². The summed E-state index contributed by atoms with van der Waals surface area (Å²) < 4.78 is 0. The molecule has 1 fully saturated rings. The molecule has 0 spiro atoms. The lowest BCUT2D eigenvalue weighted by Crippen LogP contribution is -2.45. The van der Waals surface area contributed by atoms with E-state index in [4.69, 9.17) is 5.73 Å². The standard InChI is InChI=1S/C14H23N5O/c1-9-4-6-14(8-15,7-5-9)12(20)17-13-16-10(2)11(3)18-19-13/h9H,4-8,15H2,1-3H3,(H,16,17,19,20). The van der Waals surface area contributed by atoms with Gasteiger partial charge in [-0.1, -0.05) is 6.92 Å². The van der Waals surface area contributed by atoms with E-state index in [1.165, 1.54) is 0 Å². The zero-order valence-electron chi connectivity index (χ0n) is 12.4. The quantitative estimate of drug-likeness (QED) is 0.875. The lowest BCUT2D eigenvalue weighted by molar-refractivity contribution is -0.127. The Morgan fingerprint density at radius 2 is 1.95 bits per heavy atom. The number of carbonyl (C=O) groups is 1. The minimum atomic E-state index is -0.478. The number of aryl methyl sites for hydroxylation is 2. The molecule has 0 bridgehead atoms. The first kappa shape index (κ1) is 14.8. The van der Waals surface area contributed by atoms with Crippen molar-refractivity contribution in [2.75, 3.05) is 11.9 Å². The zero-order chi connectivity index (χ0) is 14.8. The molecule has 1 aromatic rings. The van der Waals surface area contributed by atoms with Gasteiger partial charge in [0.2, 0.25) is 11.9 Å². The third-order valence-corrected chi connectivity index (χ3v) is 4.42. The first-order chi connectivity index (χ1) is 9.47. The summed E-state index contributed by atoms with van der Waals surface area (Å²) in [6.07, 6.45) is 3.73. The van der Waals surface area contributed by atoms with Crippen LogP contribution in [0.2, 0.25) is 0 Å². The monoisotopic (exact) mass is 277 g/mol. The molecule has 2 rings (SSSR count). The summed E-state index contributed by atoms with van der Waals surface area (Å²) in [4.78, 5) is 16.8. The van der Waals surface area contributed by atoms with Gasteiger partial charge in [-0.15, -0.1) is 5.10 Å². The van der Waals surface area contributed by atoms with Crippen molar-refractivity contribution in [3.05, 3.63) is 11.4 Å². The summed E-state index contributed by atoms with van der Waals surface area (Å²) in [5.41, 5.74) is 6.94. The second kappa shape index (κ2) is 5.83. The van der Waals surface area contributed by atoms with Crippen LogP contribution in [0.4, 0.5) is 5.95 Å². The molecule has 1 heterocycles. The van der Waals surface area contributed by atoms with Crippen molar-refractivity contribution in [2.24, 2.45) is 17.1 Å². The molecule has 1 aliphatic rings. The Morgan fingerprint density at radius 1 is 1.30 bits per heavy atom. The second-order valence-corrected chi connectivity index (χ2v) is 5.93. The Balaban J connectivity index is 2.11. The van der Waals surface area contributed by atoms with Crippen molar-refractivity contribution in [3.8, 4) is 0 Å². The SMILES string of the molecule is Cc1nnc(NC(=O)C2(CN)CCC(C)CC2)nc1C. The maximum atomic E-state index is 12.5. The lowest BCUT2D eigenvalue weighted by Gasteiger charge is -2.36. The fraction of sp³-hybridized carbons (Fsp3) is 0.714. The number of rotatable bonds is 3. The summed E-state index contributed by atoms with van der Waals surface area (Å²) in [6, 6.07) is 0. The third kappa shape index (κ3) is 2.95. The molecular weight excluding hydrogens is 254 g/mol. The predicted octanol–water partition coefficient (Wildman–Crippen LogP) is 1.58. The molecule has 1 saturated carbocycles. The Morgan fingerprint density at radius 3 is 2.50 bits per heavy atom. The van der Waals surface area contributed by atoms with Crippen LogP contribution in [0.5, 0.6) is 0 Å². The Bertz CT molecular complexity index is 494. The number of hydrogen-bond donors (Lipinski definition) is 2. The van der Waals surface area contributed by atoms with Crippen molar-refractivity contribution < 1.29 is 4.79 Å². The molecule has 6 nitrogen and oxygen atoms in total. The minimum absolute atomic E-state index is 0.0723. The number of carbonyl (C=O) groups excluding carboxylic acids is 1. The van der Waals surface area contributed by atoms with E-state index in [2.05, 4.69) is 27.4 Å². The fourth-order valence-electron chi connectivity index (χ4n) is 2.58. The van der Waals surface area contributed by atoms with Crippen LogP contribution >= 0.6 is 0 Å². The number of amides is 1. The molecule has 0 aromatic carbocycles. The maximum Gasteiger partial charge on any atom is 0.249 e. The van der Waals surface area contributed by atoms with Gasteiger partial charge in [0.25, 0.3) is 0 Å². The van der Waals surface area contributed by atoms with Crippen molar-refractivity contribution in [1.29, 1.82) is 0 Å². The van der Waals surface area contributed by atoms with Crippen molar-refractivity contribution in [2.45, 2.75) is 46.5 Å². The first-order valence-electron chi connectivity index (χ1n) is 7.16. The normalized spacial score (nSPS) is 26.3. The molecule has 0 aliphatic heterocycles. The molecule has 0 unspecified atom stereocenters. The fourth-order valence-corrected chi connectivity index (χ4v) is 2.58. The van der Waals surface area contributed by atoms with Gasteiger partial charge in [0.15, 0.2) is 0 Å². The maximum absolute atomic E-state index is 12.5. The third-order valence-electron chi connectivity index (χ3n) is 4.42. The van der Waals surface area contributed by atoms with Crippen LogP contribution in [0.3, 0.4) is 0 Å². The second-order valence-electron chi connectivity index (χ2n) is 5.93. The van der Waals surface area contributed by atoms with E-state index >= 15 is 0 Å². The molecule has 0 saturated heterocycles. The van der Waals surface area contributed by atoms with E-state index in [1.807, 2.05) is 13.8 Å². The van der Waals surface area contributed by atoms with Crippen LogP contribution in [0.1, 0.15) is 44.0 Å². The summed E-state index contributed by atoms with van der Waals surface area (Å²) in [5.74, 6) is 0.864. The molecule has 3 N–H and O–H groups in total. The van der Waals surface area contributed by atoms with Crippen LogP contribution in [0.25, 0.3) is 0 Å². The van der Waals surface area contributed by atoms with Crippen LogP contribution < -0.4 is 11.1 Å². The van der Waals surface area contributed by atoms with Gasteiger partial charge in [-0.2, -0.15) is 5.10 Å². The molecule has 0 atom stereocenters. The van der Waals surface area contributed by atoms with E-state index in [1.54, 1.807) is 0 Å². The molecule has 0 radical (unpaired) electrons. The molecule has 1 amide bonds. The molecule has 20 heavy (non-hydrogen) atoms. The highest BCUT2D eigenvalue weighted by molar-refractivity contribution is 5.94. The molecule has 6 heteroatoms. The van der Waals surface area contributed by atoms with E-state index < -0.39 is 5.41 Å². The first-order valence-corrected chi connectivity index (χ1v) is 7.16. The highest BCUT2D eigenvalue weighted by Gasteiger charge is 2.40. The smallest absolute Gasteiger partial charge is 0.249 e. The minimum Gasteiger partial charge on any atom is -0.329 e. The van der Waals surface area contributed by atoms with Gasteiger partial charge in [0.1, 0.15) is 0 Å². The lowest BCUT2D eigenvalue weighted by atomic mass is 9.70. The van der Waals surface area contributed by atoms with Gasteiger partial charge < -0.3 is 5.73 Å². The topological polar surface area (TPSA) is 93.8 Å². The van der Waals surface area contributed by atoms with Crippen LogP contribution in [0, 0.1) is 25.2 Å². The van der Waals surface area contributed by atoms with Gasteiger partial charge in [0, 0.05) is 6.54 Å². The van der Waals surface area contributed by atoms with E-state index in [0.717, 1.165) is 37.1 Å². The van der Waals surface area contributed by atoms with E-state index in [9.17, 15) is 4.79 Å². The average Bonchev–Trinajstić information content (AvgIpc) is 2.44. The van der Waals surface area contributed by atoms with Crippen molar-refractivity contribution >= 4 is 11.9 Å². The molecule has 1 aliphatic carbocycles. The van der Waals surface area contributed by atoms with Gasteiger partial charge in [-0.3, -0.25) is 10.1 Å². The number of hydrogen-bond acceptors (Lipinski definition) is 5. The summed E-state index contributed by atoms with van der Waals surface area (Å²) in [6.45, 7) is 6.27. The Kier molecular flexibility index (Phi) is 4.32. The molecule has 110 valence electrons. The molecule has 1 aromatic heterocycles. The van der Waals surface area contributed by atoms with Crippen LogP contribution in [-0.4, -0.2) is 27.6 Å². The van der Waals surface area contributed by atoms with Crippen LogP contribution in [-0.2, 0) is 4.79 Å². The van der Waals surface area contributed by atoms with Gasteiger partial charge in [-0.25, -0.2) is 4.98 Å². The van der Waals surface area contributed by atoms with E-state index in [-0.39, 0.29) is 11.9 Å². The Labute approximate surface area is 119 Å². The predicted molar refractivity (Wildman–Crippen MR) is 77.1 cm³/mol. The number of nitrogens with one attached hydrogen (secondary N) is 1. The molecular formula is C14H23N5O. The van der Waals surface area contributed by atoms with Gasteiger partial charge >= 0.3 is 0 Å². The van der Waals surface area contributed by atoms with Gasteiger partial charge in [0.05, 0.1) is 16.8 Å². The summed E-state index contributed by atoms with van der Waals surface area (Å²) >= 11 is 0. The number of nitrogens with zero attached hydrogens (tertiary/aromatic N) is 3. The number of nitrogens with two attached hydrogens (primary N) is 1.